The van der Waals surface area contributed by atoms with Gasteiger partial charge in [-0.2, -0.15) is 0 Å². The van der Waals surface area contributed by atoms with Crippen LogP contribution in [-0.2, 0) is 26.0 Å². The molecule has 0 saturated heterocycles. The summed E-state index contributed by atoms with van der Waals surface area (Å²) < 4.78 is 47.8. The number of nitrogens with one attached hydrogen (secondary N) is 2. The van der Waals surface area contributed by atoms with Crippen LogP contribution in [0.2, 0.25) is 0 Å². The van der Waals surface area contributed by atoms with Crippen LogP contribution < -0.4 is 10.0 Å². The second-order valence-corrected chi connectivity index (χ2v) is 13.0. The van der Waals surface area contributed by atoms with Crippen LogP contribution in [0, 0.1) is 17.7 Å². The molecule has 0 bridgehead atoms. The molecule has 0 heterocycles. The Kier molecular flexibility index (Phi) is 11.7. The van der Waals surface area contributed by atoms with Crippen molar-refractivity contribution in [3.05, 3.63) is 101 Å². The highest BCUT2D eigenvalue weighted by Gasteiger charge is 2.30. The van der Waals surface area contributed by atoms with E-state index < -0.39 is 10.0 Å². The van der Waals surface area contributed by atoms with Crippen LogP contribution in [0.1, 0.15) is 48.4 Å². The molecule has 0 spiro atoms. The van der Waals surface area contributed by atoms with Gasteiger partial charge in [0, 0.05) is 19.1 Å². The molecule has 1 amide bonds. The summed E-state index contributed by atoms with van der Waals surface area (Å²) >= 11 is 0. The number of carbonyl (C=O) groups is 1. The first-order chi connectivity index (χ1) is 20.2. The second-order valence-electron chi connectivity index (χ2n) is 11.3. The Labute approximate surface area is 249 Å². The summed E-state index contributed by atoms with van der Waals surface area (Å²) in [7, 11) is 0.354. The summed E-state index contributed by atoms with van der Waals surface area (Å²) in [5.41, 5.74) is 2.76. The van der Waals surface area contributed by atoms with Crippen LogP contribution >= 0.6 is 0 Å². The number of ether oxygens (including phenoxy) is 1. The van der Waals surface area contributed by atoms with E-state index in [1.54, 1.807) is 24.3 Å². The topological polar surface area (TPSA) is 87.7 Å². The van der Waals surface area contributed by atoms with Crippen molar-refractivity contribution in [2.24, 2.45) is 11.8 Å². The Morgan fingerprint density at radius 1 is 0.976 bits per heavy atom. The number of amides is 1. The fourth-order valence-electron chi connectivity index (χ4n) is 5.92. The smallest absolute Gasteiger partial charge is 0.246 e. The maximum atomic E-state index is 13.8. The molecule has 1 saturated carbocycles. The highest BCUT2D eigenvalue weighted by molar-refractivity contribution is 7.89. The summed E-state index contributed by atoms with van der Waals surface area (Å²) in [5, 5.41) is 2.96. The van der Waals surface area contributed by atoms with Crippen LogP contribution in [0.5, 0.6) is 0 Å². The third-order valence-electron chi connectivity index (χ3n) is 7.94. The number of hydrogen-bond acceptors (Lipinski definition) is 5. The summed E-state index contributed by atoms with van der Waals surface area (Å²) in [5.74, 6) is 0.410. The van der Waals surface area contributed by atoms with Crippen LogP contribution in [0.25, 0.3) is 0 Å². The third kappa shape index (κ3) is 9.19. The lowest BCUT2D eigenvalue weighted by atomic mass is 9.76. The summed E-state index contributed by atoms with van der Waals surface area (Å²) in [4.78, 5) is 14.8. The standard InChI is InChI=1S/C33H42FN3O4S/c1-37(2)33(29-12-8-13-30(34)22-29)27-17-15-26(16-18-27)23-35-32(38)24-41-20-19-36-42(39,40)31-14-7-6-11-28(31)21-25-9-4-3-5-10-25/h3-14,22,26-27,33,36H,15-21,23-24H2,1-2H3,(H,35,38). The van der Waals surface area contributed by atoms with Gasteiger partial charge >= 0.3 is 0 Å². The quantitative estimate of drug-likeness (QED) is 0.258. The van der Waals surface area contributed by atoms with Crippen LogP contribution in [-0.4, -0.2) is 59.6 Å². The average molecular weight is 596 g/mol. The van der Waals surface area contributed by atoms with Crippen molar-refractivity contribution in [2.45, 2.75) is 43.0 Å². The van der Waals surface area contributed by atoms with Gasteiger partial charge in [0.2, 0.25) is 15.9 Å². The van der Waals surface area contributed by atoms with Gasteiger partial charge in [-0.3, -0.25) is 4.79 Å². The van der Waals surface area contributed by atoms with Gasteiger partial charge in [-0.15, -0.1) is 0 Å². The van der Waals surface area contributed by atoms with E-state index in [1.165, 1.54) is 6.07 Å². The molecule has 0 aliphatic heterocycles. The fraction of sp³-hybridized carbons (Fsp3) is 0.424. The van der Waals surface area contributed by atoms with E-state index in [0.717, 1.165) is 42.4 Å². The molecule has 1 fully saturated rings. The Balaban J connectivity index is 1.15. The van der Waals surface area contributed by atoms with Gasteiger partial charge in [0.05, 0.1) is 11.5 Å². The summed E-state index contributed by atoms with van der Waals surface area (Å²) in [6.07, 6.45) is 4.55. The van der Waals surface area contributed by atoms with Gasteiger partial charge in [-0.25, -0.2) is 17.5 Å². The number of hydrogen-bond donors (Lipinski definition) is 2. The van der Waals surface area contributed by atoms with Crippen molar-refractivity contribution in [1.82, 2.24) is 14.9 Å². The van der Waals surface area contributed by atoms with E-state index in [1.807, 2.05) is 62.6 Å². The summed E-state index contributed by atoms with van der Waals surface area (Å²) in [6, 6.07) is 23.7. The van der Waals surface area contributed by atoms with E-state index in [9.17, 15) is 17.6 Å². The molecule has 2 N–H and O–H groups in total. The SMILES string of the molecule is CN(C)C(c1cccc(F)c1)C1CCC(CNC(=O)COCCNS(=O)(=O)c2ccccc2Cc2ccccc2)CC1. The molecule has 9 heteroatoms. The minimum Gasteiger partial charge on any atom is -0.370 e. The number of sulfonamides is 1. The van der Waals surface area contributed by atoms with Crippen LogP contribution in [0.15, 0.2) is 83.8 Å². The van der Waals surface area contributed by atoms with E-state index in [4.69, 9.17) is 4.74 Å². The number of carbonyl (C=O) groups excluding carboxylic acids is 1. The molecule has 1 aliphatic carbocycles. The lowest BCUT2D eigenvalue weighted by Gasteiger charge is -2.37. The van der Waals surface area contributed by atoms with Gasteiger partial charge < -0.3 is 15.0 Å². The molecule has 7 nitrogen and oxygen atoms in total. The highest BCUT2D eigenvalue weighted by Crippen LogP contribution is 2.39. The van der Waals surface area contributed by atoms with Gasteiger partial charge in [0.15, 0.2) is 0 Å². The predicted molar refractivity (Wildman–Crippen MR) is 163 cm³/mol. The van der Waals surface area contributed by atoms with Gasteiger partial charge in [-0.05, 0) is 92.9 Å². The van der Waals surface area contributed by atoms with Crippen LogP contribution in [0.4, 0.5) is 4.39 Å². The zero-order valence-corrected chi connectivity index (χ0v) is 25.3. The predicted octanol–water partition coefficient (Wildman–Crippen LogP) is 4.94. The molecule has 4 rings (SSSR count). The Bertz CT molecular complexity index is 1390. The van der Waals surface area contributed by atoms with Crippen LogP contribution in [0.3, 0.4) is 0 Å². The fourth-order valence-corrected chi connectivity index (χ4v) is 7.17. The molecule has 1 atom stereocenters. The maximum Gasteiger partial charge on any atom is 0.246 e. The van der Waals surface area contributed by atoms with Crippen molar-refractivity contribution in [3.8, 4) is 0 Å². The highest BCUT2D eigenvalue weighted by atomic mass is 32.2. The molecule has 226 valence electrons. The van der Waals surface area contributed by atoms with Crippen molar-refractivity contribution < 1.29 is 22.3 Å². The minimum atomic E-state index is -3.72. The molecular weight excluding hydrogens is 553 g/mol. The molecule has 3 aromatic rings. The summed E-state index contributed by atoms with van der Waals surface area (Å²) in [6.45, 7) is 0.624. The zero-order valence-electron chi connectivity index (χ0n) is 24.5. The second kappa shape index (κ2) is 15.4. The maximum absolute atomic E-state index is 13.8. The van der Waals surface area contributed by atoms with Crippen molar-refractivity contribution in [2.75, 3.05) is 40.4 Å². The van der Waals surface area contributed by atoms with E-state index in [-0.39, 0.29) is 42.4 Å². The first kappa shape index (κ1) is 31.8. The number of rotatable bonds is 14. The first-order valence-corrected chi connectivity index (χ1v) is 16.1. The zero-order chi connectivity index (χ0) is 30.0. The number of benzene rings is 3. The van der Waals surface area contributed by atoms with Gasteiger partial charge in [0.1, 0.15) is 12.4 Å². The lowest BCUT2D eigenvalue weighted by Crippen LogP contribution is -2.36. The molecule has 3 aromatic carbocycles. The monoisotopic (exact) mass is 595 g/mol. The first-order valence-electron chi connectivity index (χ1n) is 14.6. The number of halogens is 1. The molecule has 0 aromatic heterocycles. The Morgan fingerprint density at radius 2 is 1.69 bits per heavy atom. The number of nitrogens with zero attached hydrogens (tertiary/aromatic N) is 1. The Morgan fingerprint density at radius 3 is 2.40 bits per heavy atom. The van der Waals surface area contributed by atoms with Gasteiger partial charge in [0.25, 0.3) is 0 Å². The average Bonchev–Trinajstić information content (AvgIpc) is 2.97. The van der Waals surface area contributed by atoms with E-state index >= 15 is 0 Å². The Hall–Kier alpha value is -3.11. The van der Waals surface area contributed by atoms with E-state index in [2.05, 4.69) is 14.9 Å². The third-order valence-corrected chi connectivity index (χ3v) is 9.51. The molecule has 42 heavy (non-hydrogen) atoms. The lowest BCUT2D eigenvalue weighted by molar-refractivity contribution is -0.125. The molecular formula is C33H42FN3O4S. The molecule has 0 radical (unpaired) electrons. The van der Waals surface area contributed by atoms with Crippen molar-refractivity contribution >= 4 is 15.9 Å². The minimum absolute atomic E-state index is 0.0671. The largest absolute Gasteiger partial charge is 0.370 e. The van der Waals surface area contributed by atoms with Crippen molar-refractivity contribution in [3.63, 3.8) is 0 Å². The van der Waals surface area contributed by atoms with E-state index in [0.29, 0.717) is 24.8 Å². The van der Waals surface area contributed by atoms with Crippen molar-refractivity contribution in [1.29, 1.82) is 0 Å². The van der Waals surface area contributed by atoms with Gasteiger partial charge in [-0.1, -0.05) is 60.7 Å². The molecule has 1 aliphatic rings. The normalized spacial score (nSPS) is 18.1. The molecule has 1 unspecified atom stereocenters.